The third-order valence-corrected chi connectivity index (χ3v) is 3.82. The molecule has 82 valence electrons. The number of hydrogen-bond donors (Lipinski definition) is 2. The van der Waals surface area contributed by atoms with Gasteiger partial charge in [0, 0.05) is 12.6 Å². The molecule has 1 aliphatic carbocycles. The number of rotatable bonds is 4. The Balaban J connectivity index is 1.60. The molecule has 2 atom stereocenters. The summed E-state index contributed by atoms with van der Waals surface area (Å²) in [6.07, 6.45) is 5.57. The van der Waals surface area contributed by atoms with E-state index in [0.29, 0.717) is 5.41 Å². The van der Waals surface area contributed by atoms with Gasteiger partial charge in [0.25, 0.3) is 0 Å². The fraction of sp³-hybridized carbons (Fsp3) is 1.00. The number of piperidine rings is 1. The Bertz CT molecular complexity index is 187. The molecule has 0 aromatic rings. The largest absolute Gasteiger partial charge is 0.316 e. The molecule has 14 heavy (non-hydrogen) atoms. The molecule has 1 saturated heterocycles. The van der Waals surface area contributed by atoms with Crippen molar-refractivity contribution in [1.82, 2.24) is 10.6 Å². The first-order valence-electron chi connectivity index (χ1n) is 6.12. The van der Waals surface area contributed by atoms with Gasteiger partial charge < -0.3 is 10.6 Å². The number of hydrogen-bond acceptors (Lipinski definition) is 2. The van der Waals surface area contributed by atoms with Gasteiger partial charge in [-0.15, -0.1) is 0 Å². The van der Waals surface area contributed by atoms with Crippen LogP contribution in [0.3, 0.4) is 0 Å². The van der Waals surface area contributed by atoms with Crippen LogP contribution in [0.2, 0.25) is 0 Å². The molecule has 0 amide bonds. The summed E-state index contributed by atoms with van der Waals surface area (Å²) in [4.78, 5) is 0. The summed E-state index contributed by atoms with van der Waals surface area (Å²) in [5.41, 5.74) is 0.665. The van der Waals surface area contributed by atoms with Crippen molar-refractivity contribution in [2.75, 3.05) is 19.6 Å². The quantitative estimate of drug-likeness (QED) is 0.716. The fourth-order valence-corrected chi connectivity index (χ4v) is 2.39. The minimum Gasteiger partial charge on any atom is -0.316 e. The van der Waals surface area contributed by atoms with Crippen molar-refractivity contribution < 1.29 is 0 Å². The molecule has 0 radical (unpaired) electrons. The molecule has 2 aliphatic rings. The Morgan fingerprint density at radius 3 is 2.86 bits per heavy atom. The topological polar surface area (TPSA) is 24.1 Å². The van der Waals surface area contributed by atoms with Crippen LogP contribution in [0.1, 0.15) is 39.5 Å². The van der Waals surface area contributed by atoms with Crippen molar-refractivity contribution in [2.24, 2.45) is 11.3 Å². The fourth-order valence-electron chi connectivity index (χ4n) is 2.39. The predicted octanol–water partition coefficient (Wildman–Crippen LogP) is 1.76. The van der Waals surface area contributed by atoms with E-state index in [9.17, 15) is 0 Å². The monoisotopic (exact) mass is 196 g/mol. The summed E-state index contributed by atoms with van der Waals surface area (Å²) in [5, 5.41) is 7.15. The van der Waals surface area contributed by atoms with Crippen molar-refractivity contribution >= 4 is 0 Å². The lowest BCUT2D eigenvalue weighted by Gasteiger charge is -2.28. The average molecular weight is 196 g/mol. The molecule has 2 heteroatoms. The van der Waals surface area contributed by atoms with E-state index < -0.39 is 0 Å². The third kappa shape index (κ3) is 2.96. The molecule has 1 aliphatic heterocycles. The Kier molecular flexibility index (Phi) is 3.13. The van der Waals surface area contributed by atoms with Crippen LogP contribution in [-0.2, 0) is 0 Å². The van der Waals surface area contributed by atoms with Crippen molar-refractivity contribution in [3.63, 3.8) is 0 Å². The summed E-state index contributed by atoms with van der Waals surface area (Å²) in [6.45, 7) is 8.39. The molecule has 2 fully saturated rings. The van der Waals surface area contributed by atoms with E-state index in [1.54, 1.807) is 0 Å². The highest BCUT2D eigenvalue weighted by Gasteiger charge is 2.36. The Labute approximate surface area is 87.8 Å². The lowest BCUT2D eigenvalue weighted by Crippen LogP contribution is -2.40. The molecular weight excluding hydrogens is 172 g/mol. The molecule has 1 saturated carbocycles. The van der Waals surface area contributed by atoms with Gasteiger partial charge in [-0.3, -0.25) is 0 Å². The highest BCUT2D eigenvalue weighted by Crippen LogP contribution is 2.44. The second-order valence-corrected chi connectivity index (χ2v) is 5.69. The summed E-state index contributed by atoms with van der Waals surface area (Å²) < 4.78 is 0. The highest BCUT2D eigenvalue weighted by molar-refractivity contribution is 4.90. The van der Waals surface area contributed by atoms with Crippen molar-refractivity contribution in [3.8, 4) is 0 Å². The first-order valence-corrected chi connectivity index (χ1v) is 6.12. The minimum atomic E-state index is 0.665. The van der Waals surface area contributed by atoms with Crippen molar-refractivity contribution in [1.29, 1.82) is 0 Å². The minimum absolute atomic E-state index is 0.665. The van der Waals surface area contributed by atoms with E-state index in [-0.39, 0.29) is 0 Å². The molecule has 2 nitrogen and oxygen atoms in total. The lowest BCUT2D eigenvalue weighted by molar-refractivity contribution is 0.298. The highest BCUT2D eigenvalue weighted by atomic mass is 14.9. The maximum absolute atomic E-state index is 3.65. The van der Waals surface area contributed by atoms with Gasteiger partial charge in [0.05, 0.1) is 0 Å². The molecule has 2 N–H and O–H groups in total. The van der Waals surface area contributed by atoms with Crippen LogP contribution in [0.25, 0.3) is 0 Å². The summed E-state index contributed by atoms with van der Waals surface area (Å²) in [5.74, 6) is 0.911. The van der Waals surface area contributed by atoms with Crippen LogP contribution >= 0.6 is 0 Å². The average Bonchev–Trinajstić information content (AvgIpc) is 2.84. The van der Waals surface area contributed by atoms with Crippen LogP contribution < -0.4 is 10.6 Å². The van der Waals surface area contributed by atoms with Crippen molar-refractivity contribution in [3.05, 3.63) is 0 Å². The van der Waals surface area contributed by atoms with Crippen LogP contribution in [0.5, 0.6) is 0 Å². The Morgan fingerprint density at radius 1 is 1.43 bits per heavy atom. The molecule has 0 aromatic carbocycles. The molecule has 2 rings (SSSR count). The van der Waals surface area contributed by atoms with Crippen LogP contribution in [0, 0.1) is 11.3 Å². The number of nitrogens with one attached hydrogen (secondary N) is 2. The zero-order valence-corrected chi connectivity index (χ0v) is 9.60. The van der Waals surface area contributed by atoms with Gasteiger partial charge in [0.1, 0.15) is 0 Å². The molecule has 0 aromatic heterocycles. The SMILES string of the molecule is CC1CC(CNCC2(C)CC2)CCN1. The van der Waals surface area contributed by atoms with E-state index in [2.05, 4.69) is 24.5 Å². The zero-order chi connectivity index (χ0) is 10.0. The van der Waals surface area contributed by atoms with E-state index in [1.807, 2.05) is 0 Å². The second-order valence-electron chi connectivity index (χ2n) is 5.69. The molecule has 2 unspecified atom stereocenters. The van der Waals surface area contributed by atoms with Gasteiger partial charge in [-0.2, -0.15) is 0 Å². The zero-order valence-electron chi connectivity index (χ0n) is 9.60. The first-order chi connectivity index (χ1) is 6.68. The molecule has 0 bridgehead atoms. The maximum Gasteiger partial charge on any atom is 0.00418 e. The van der Waals surface area contributed by atoms with Gasteiger partial charge in [0.2, 0.25) is 0 Å². The lowest BCUT2D eigenvalue weighted by atomic mass is 9.93. The van der Waals surface area contributed by atoms with Gasteiger partial charge in [-0.1, -0.05) is 6.92 Å². The summed E-state index contributed by atoms with van der Waals surface area (Å²) in [7, 11) is 0. The molecule has 0 spiro atoms. The predicted molar refractivity (Wildman–Crippen MR) is 60.4 cm³/mol. The second kappa shape index (κ2) is 4.19. The normalized spacial score (nSPS) is 35.6. The van der Waals surface area contributed by atoms with E-state index in [0.717, 1.165) is 12.0 Å². The van der Waals surface area contributed by atoms with Gasteiger partial charge >= 0.3 is 0 Å². The summed E-state index contributed by atoms with van der Waals surface area (Å²) >= 11 is 0. The third-order valence-electron chi connectivity index (χ3n) is 3.82. The molecular formula is C12H24N2. The van der Waals surface area contributed by atoms with Crippen molar-refractivity contribution in [2.45, 2.75) is 45.6 Å². The van der Waals surface area contributed by atoms with Gasteiger partial charge in [0.15, 0.2) is 0 Å². The Hall–Kier alpha value is -0.0800. The van der Waals surface area contributed by atoms with Gasteiger partial charge in [-0.05, 0) is 57.0 Å². The maximum atomic E-state index is 3.65. The molecule has 1 heterocycles. The van der Waals surface area contributed by atoms with E-state index in [1.165, 1.54) is 45.3 Å². The Morgan fingerprint density at radius 2 is 2.21 bits per heavy atom. The summed E-state index contributed by atoms with van der Waals surface area (Å²) in [6, 6.07) is 0.729. The van der Waals surface area contributed by atoms with E-state index in [4.69, 9.17) is 0 Å². The van der Waals surface area contributed by atoms with Crippen LogP contribution in [0.15, 0.2) is 0 Å². The van der Waals surface area contributed by atoms with Crippen LogP contribution in [0.4, 0.5) is 0 Å². The standard InChI is InChI=1S/C12H24N2/c1-10-7-11(3-6-14-10)8-13-9-12(2)4-5-12/h10-11,13-14H,3-9H2,1-2H3. The smallest absolute Gasteiger partial charge is 0.00418 e. The van der Waals surface area contributed by atoms with Crippen LogP contribution in [-0.4, -0.2) is 25.7 Å². The van der Waals surface area contributed by atoms with Gasteiger partial charge in [-0.25, -0.2) is 0 Å². The first kappa shape index (κ1) is 10.4. The van der Waals surface area contributed by atoms with E-state index >= 15 is 0 Å².